The molecule has 1 fully saturated rings. The van der Waals surface area contributed by atoms with Gasteiger partial charge in [-0.2, -0.15) is 16.4 Å². The van der Waals surface area contributed by atoms with Crippen LogP contribution in [0.25, 0.3) is 0 Å². The molecule has 3 atom stereocenters. The molecule has 1 saturated carbocycles. The fourth-order valence-corrected chi connectivity index (χ4v) is 4.54. The predicted octanol–water partition coefficient (Wildman–Crippen LogP) is 2.55. The molecule has 2 aromatic rings. The second-order valence-corrected chi connectivity index (χ2v) is 8.43. The Bertz CT molecular complexity index is 958. The highest BCUT2D eigenvalue weighted by Gasteiger charge is 2.44. The van der Waals surface area contributed by atoms with Crippen molar-refractivity contribution in [1.82, 2.24) is 5.32 Å². The maximum absolute atomic E-state index is 12.8. The van der Waals surface area contributed by atoms with Gasteiger partial charge < -0.3 is 21.6 Å². The fraction of sp³-hybridized carbons (Fsp3) is 0.364. The Hall–Kier alpha value is -3.20. The SMILES string of the molecule is CCC(CNC(=O)C1CCC1C(=O)Nc1ccc(C=NN)cc1)(C(=O)O)c1ccsc1. The van der Waals surface area contributed by atoms with Crippen LogP contribution < -0.4 is 16.5 Å². The van der Waals surface area contributed by atoms with Gasteiger partial charge in [-0.15, -0.1) is 0 Å². The van der Waals surface area contributed by atoms with Gasteiger partial charge in [-0.25, -0.2) is 0 Å². The van der Waals surface area contributed by atoms with Crippen LogP contribution in [0, 0.1) is 11.8 Å². The number of hydrazone groups is 1. The van der Waals surface area contributed by atoms with E-state index in [-0.39, 0.29) is 18.4 Å². The lowest BCUT2D eigenvalue weighted by Gasteiger charge is -2.35. The molecule has 1 aromatic carbocycles. The van der Waals surface area contributed by atoms with Crippen molar-refractivity contribution in [2.45, 2.75) is 31.6 Å². The summed E-state index contributed by atoms with van der Waals surface area (Å²) >= 11 is 1.42. The molecule has 31 heavy (non-hydrogen) atoms. The Morgan fingerprint density at radius 3 is 2.39 bits per heavy atom. The van der Waals surface area contributed by atoms with Crippen molar-refractivity contribution in [2.24, 2.45) is 22.8 Å². The van der Waals surface area contributed by atoms with Crippen LogP contribution in [0.3, 0.4) is 0 Å². The van der Waals surface area contributed by atoms with Gasteiger partial charge in [0, 0.05) is 24.1 Å². The van der Waals surface area contributed by atoms with Crippen molar-refractivity contribution in [3.8, 4) is 0 Å². The molecular weight excluding hydrogens is 416 g/mol. The van der Waals surface area contributed by atoms with Crippen molar-refractivity contribution < 1.29 is 19.5 Å². The summed E-state index contributed by atoms with van der Waals surface area (Å²) in [6.07, 6.45) is 3.06. The number of amides is 2. The maximum Gasteiger partial charge on any atom is 0.315 e. The molecule has 3 unspecified atom stereocenters. The normalized spacial score (nSPS) is 19.9. The third-order valence-corrected chi connectivity index (χ3v) is 6.68. The number of carboxylic acids is 1. The highest BCUT2D eigenvalue weighted by atomic mass is 32.1. The van der Waals surface area contributed by atoms with Crippen molar-refractivity contribution in [2.75, 3.05) is 11.9 Å². The maximum atomic E-state index is 12.8. The summed E-state index contributed by atoms with van der Waals surface area (Å²) in [6.45, 7) is 1.78. The summed E-state index contributed by atoms with van der Waals surface area (Å²) in [5.74, 6) is 2.75. The van der Waals surface area contributed by atoms with Gasteiger partial charge in [0.2, 0.25) is 11.8 Å². The molecular formula is C22H26N4O4S. The van der Waals surface area contributed by atoms with Gasteiger partial charge in [-0.3, -0.25) is 14.4 Å². The van der Waals surface area contributed by atoms with E-state index in [0.29, 0.717) is 30.5 Å². The van der Waals surface area contributed by atoms with E-state index in [0.717, 1.165) is 5.56 Å². The van der Waals surface area contributed by atoms with Crippen LogP contribution >= 0.6 is 11.3 Å². The Kier molecular flexibility index (Phi) is 7.06. The molecule has 3 rings (SSSR count). The summed E-state index contributed by atoms with van der Waals surface area (Å²) in [5.41, 5.74) is 0.938. The molecule has 2 amide bonds. The molecule has 1 aliphatic rings. The summed E-state index contributed by atoms with van der Waals surface area (Å²) < 4.78 is 0. The number of carbonyl (C=O) groups is 3. The average molecular weight is 443 g/mol. The number of nitrogens with two attached hydrogens (primary N) is 1. The van der Waals surface area contributed by atoms with Crippen LogP contribution in [0.4, 0.5) is 5.69 Å². The third-order valence-electron chi connectivity index (χ3n) is 6.00. The molecule has 1 aliphatic carbocycles. The molecule has 0 bridgehead atoms. The predicted molar refractivity (Wildman–Crippen MR) is 120 cm³/mol. The zero-order valence-electron chi connectivity index (χ0n) is 17.2. The van der Waals surface area contributed by atoms with Crippen molar-refractivity contribution >= 4 is 41.0 Å². The van der Waals surface area contributed by atoms with Gasteiger partial charge in [0.25, 0.3) is 0 Å². The van der Waals surface area contributed by atoms with Crippen LogP contribution in [-0.2, 0) is 19.8 Å². The number of carboxylic acid groups (broad SMARTS) is 1. The first kappa shape index (κ1) is 22.5. The number of rotatable bonds is 9. The van der Waals surface area contributed by atoms with Crippen molar-refractivity contribution in [3.05, 3.63) is 52.2 Å². The molecule has 8 nitrogen and oxygen atoms in total. The lowest BCUT2D eigenvalue weighted by molar-refractivity contribution is -0.145. The lowest BCUT2D eigenvalue weighted by Crippen LogP contribution is -2.51. The molecule has 0 saturated heterocycles. The van der Waals surface area contributed by atoms with Gasteiger partial charge in [0.1, 0.15) is 5.41 Å². The number of nitrogens with zero attached hydrogens (tertiary/aromatic N) is 1. The number of anilines is 1. The van der Waals surface area contributed by atoms with Gasteiger partial charge in [-0.05, 0) is 59.3 Å². The number of nitrogens with one attached hydrogen (secondary N) is 2. The molecule has 0 spiro atoms. The molecule has 1 aromatic heterocycles. The zero-order chi connectivity index (χ0) is 22.4. The third kappa shape index (κ3) is 4.77. The molecule has 0 aliphatic heterocycles. The number of aliphatic carboxylic acids is 1. The van der Waals surface area contributed by atoms with E-state index < -0.39 is 23.2 Å². The van der Waals surface area contributed by atoms with E-state index >= 15 is 0 Å². The molecule has 5 N–H and O–H groups in total. The van der Waals surface area contributed by atoms with Crippen LogP contribution in [0.1, 0.15) is 37.3 Å². The van der Waals surface area contributed by atoms with Gasteiger partial charge in [-0.1, -0.05) is 19.1 Å². The number of benzene rings is 1. The Morgan fingerprint density at radius 1 is 1.19 bits per heavy atom. The topological polar surface area (TPSA) is 134 Å². The summed E-state index contributed by atoms with van der Waals surface area (Å²) in [7, 11) is 0. The second kappa shape index (κ2) is 9.74. The van der Waals surface area contributed by atoms with Crippen LogP contribution in [-0.4, -0.2) is 35.6 Å². The first-order chi connectivity index (χ1) is 14.9. The number of thiophene rings is 1. The highest BCUT2D eigenvalue weighted by molar-refractivity contribution is 7.08. The summed E-state index contributed by atoms with van der Waals surface area (Å²) in [5, 5.41) is 22.6. The molecule has 164 valence electrons. The smallest absolute Gasteiger partial charge is 0.315 e. The molecule has 9 heteroatoms. The first-order valence-electron chi connectivity index (χ1n) is 10.1. The van der Waals surface area contributed by atoms with Gasteiger partial charge in [0.15, 0.2) is 0 Å². The Balaban J connectivity index is 1.60. The van der Waals surface area contributed by atoms with Gasteiger partial charge >= 0.3 is 5.97 Å². The first-order valence-corrected chi connectivity index (χ1v) is 11.0. The minimum atomic E-state index is -1.17. The second-order valence-electron chi connectivity index (χ2n) is 7.65. The minimum Gasteiger partial charge on any atom is -0.481 e. The average Bonchev–Trinajstić information content (AvgIpc) is 3.24. The number of carbonyl (C=O) groups excluding carboxylic acids is 2. The minimum absolute atomic E-state index is 0.0105. The van der Waals surface area contributed by atoms with Crippen molar-refractivity contribution in [1.29, 1.82) is 0 Å². The summed E-state index contributed by atoms with van der Waals surface area (Å²) in [4.78, 5) is 37.4. The monoisotopic (exact) mass is 442 g/mol. The number of hydrogen-bond acceptors (Lipinski definition) is 6. The lowest BCUT2D eigenvalue weighted by atomic mass is 9.72. The molecule has 1 heterocycles. The molecule has 0 radical (unpaired) electrons. The van der Waals surface area contributed by atoms with Crippen LogP contribution in [0.5, 0.6) is 0 Å². The van der Waals surface area contributed by atoms with E-state index in [1.807, 2.05) is 5.38 Å². The van der Waals surface area contributed by atoms with E-state index in [4.69, 9.17) is 5.84 Å². The van der Waals surface area contributed by atoms with E-state index in [9.17, 15) is 19.5 Å². The Morgan fingerprint density at radius 2 is 1.87 bits per heavy atom. The quantitative estimate of drug-likeness (QED) is 0.269. The standard InChI is InChI=1S/C22H26N4O4S/c1-2-22(21(29)30,15-9-10-31-12-15)13-24-19(27)17-7-8-18(17)20(28)26-16-5-3-14(4-6-16)11-25-23/h3-6,9-12,17-18H,2,7-8,13,23H2,1H3,(H,24,27)(H,26,28)(H,29,30). The van der Waals surface area contributed by atoms with Crippen LogP contribution in [0.15, 0.2) is 46.2 Å². The highest BCUT2D eigenvalue weighted by Crippen LogP contribution is 2.36. The van der Waals surface area contributed by atoms with E-state index in [1.54, 1.807) is 42.6 Å². The Labute approximate surface area is 184 Å². The van der Waals surface area contributed by atoms with E-state index in [1.165, 1.54) is 17.6 Å². The van der Waals surface area contributed by atoms with Gasteiger partial charge in [0.05, 0.1) is 6.21 Å². The number of hydrogen-bond donors (Lipinski definition) is 4. The fourth-order valence-electron chi connectivity index (χ4n) is 3.79. The van der Waals surface area contributed by atoms with Crippen LogP contribution in [0.2, 0.25) is 0 Å². The largest absolute Gasteiger partial charge is 0.481 e. The summed E-state index contributed by atoms with van der Waals surface area (Å²) in [6, 6.07) is 8.81. The zero-order valence-corrected chi connectivity index (χ0v) is 18.0. The van der Waals surface area contributed by atoms with E-state index in [2.05, 4.69) is 15.7 Å². The van der Waals surface area contributed by atoms with Crippen molar-refractivity contribution in [3.63, 3.8) is 0 Å².